The average Bonchev–Trinajstić information content (AvgIpc) is 2.87. The zero-order chi connectivity index (χ0) is 15.4. The summed E-state index contributed by atoms with van der Waals surface area (Å²) in [6.45, 7) is 4.86. The van der Waals surface area contributed by atoms with Gasteiger partial charge in [0.2, 0.25) is 0 Å². The van der Waals surface area contributed by atoms with Gasteiger partial charge in [-0.05, 0) is 13.3 Å². The first-order chi connectivity index (χ1) is 10.2. The summed E-state index contributed by atoms with van der Waals surface area (Å²) < 4.78 is 11.4. The van der Waals surface area contributed by atoms with E-state index in [1.807, 2.05) is 6.92 Å². The fourth-order valence-electron chi connectivity index (χ4n) is 3.02. The van der Waals surface area contributed by atoms with Crippen LogP contribution in [0.3, 0.4) is 0 Å². The monoisotopic (exact) mass is 300 g/mol. The number of aliphatic hydroxyl groups excluding tert-OH is 1. The van der Waals surface area contributed by atoms with Gasteiger partial charge in [-0.1, -0.05) is 71.1 Å². The van der Waals surface area contributed by atoms with Crippen molar-refractivity contribution < 1.29 is 14.6 Å². The largest absolute Gasteiger partial charge is 0.394 e. The minimum absolute atomic E-state index is 0.0633. The third-order valence-electron chi connectivity index (χ3n) is 4.43. The van der Waals surface area contributed by atoms with Gasteiger partial charge in [0, 0.05) is 6.42 Å². The molecule has 2 atom stereocenters. The van der Waals surface area contributed by atoms with Crippen LogP contribution in [0.5, 0.6) is 0 Å². The molecule has 126 valence electrons. The number of ether oxygens (including phenoxy) is 2. The Morgan fingerprint density at radius 2 is 1.43 bits per heavy atom. The molecule has 0 aliphatic carbocycles. The van der Waals surface area contributed by atoms with Crippen molar-refractivity contribution in [3.8, 4) is 0 Å². The van der Waals surface area contributed by atoms with E-state index in [1.165, 1.54) is 64.2 Å². The summed E-state index contributed by atoms with van der Waals surface area (Å²) in [5, 5.41) is 9.05. The highest BCUT2D eigenvalue weighted by Crippen LogP contribution is 2.28. The molecule has 0 bridgehead atoms. The van der Waals surface area contributed by atoms with E-state index < -0.39 is 5.79 Å². The Hall–Kier alpha value is -0.120. The quantitative estimate of drug-likeness (QED) is 0.496. The molecule has 1 fully saturated rings. The van der Waals surface area contributed by atoms with Gasteiger partial charge in [-0.15, -0.1) is 0 Å². The average molecular weight is 300 g/mol. The van der Waals surface area contributed by atoms with Crippen LogP contribution >= 0.6 is 0 Å². The smallest absolute Gasteiger partial charge is 0.166 e. The molecule has 1 aliphatic heterocycles. The number of unbranched alkanes of at least 4 members (excludes halogenated alkanes) is 10. The molecule has 0 radical (unpaired) electrons. The van der Waals surface area contributed by atoms with Crippen LogP contribution in [0.4, 0.5) is 0 Å². The highest BCUT2D eigenvalue weighted by molar-refractivity contribution is 4.74. The van der Waals surface area contributed by atoms with Crippen LogP contribution in [0, 0.1) is 0 Å². The number of hydrogen-bond donors (Lipinski definition) is 1. The molecule has 21 heavy (non-hydrogen) atoms. The second-order valence-electron chi connectivity index (χ2n) is 6.65. The first kappa shape index (κ1) is 18.9. The van der Waals surface area contributed by atoms with Crippen molar-refractivity contribution in [2.75, 3.05) is 13.2 Å². The minimum Gasteiger partial charge on any atom is -0.394 e. The lowest BCUT2D eigenvalue weighted by atomic mass is 10.0. The van der Waals surface area contributed by atoms with Crippen molar-refractivity contribution in [2.45, 2.75) is 103 Å². The molecule has 1 aliphatic rings. The molecule has 1 heterocycles. The Morgan fingerprint density at radius 3 is 1.90 bits per heavy atom. The third-order valence-corrected chi connectivity index (χ3v) is 4.43. The second kappa shape index (κ2) is 11.4. The zero-order valence-corrected chi connectivity index (χ0v) is 14.2. The van der Waals surface area contributed by atoms with Gasteiger partial charge in [0.05, 0.1) is 13.2 Å². The van der Waals surface area contributed by atoms with E-state index in [9.17, 15) is 0 Å². The molecule has 0 aromatic carbocycles. The Labute approximate surface area is 131 Å². The molecule has 0 spiro atoms. The topological polar surface area (TPSA) is 38.7 Å². The molecule has 0 aromatic heterocycles. The van der Waals surface area contributed by atoms with E-state index in [4.69, 9.17) is 14.6 Å². The van der Waals surface area contributed by atoms with Crippen molar-refractivity contribution >= 4 is 0 Å². The standard InChI is InChI=1S/C18H36O3/c1-3-4-5-6-7-8-9-10-11-12-13-14-18(2)20-16-17(15-19)21-18/h17,19H,3-16H2,1-2H3. The van der Waals surface area contributed by atoms with Crippen molar-refractivity contribution in [3.63, 3.8) is 0 Å². The molecule has 1 rings (SSSR count). The zero-order valence-electron chi connectivity index (χ0n) is 14.2. The summed E-state index contributed by atoms with van der Waals surface area (Å²) in [7, 11) is 0. The highest BCUT2D eigenvalue weighted by atomic mass is 16.7. The highest BCUT2D eigenvalue weighted by Gasteiger charge is 2.36. The molecular weight excluding hydrogens is 264 g/mol. The normalized spacial score (nSPS) is 25.6. The fraction of sp³-hybridized carbons (Fsp3) is 1.00. The Balaban J connectivity index is 1.84. The third kappa shape index (κ3) is 8.80. The van der Waals surface area contributed by atoms with Crippen LogP contribution in [0.15, 0.2) is 0 Å². The Bertz CT molecular complexity index is 245. The lowest BCUT2D eigenvalue weighted by Gasteiger charge is -2.22. The van der Waals surface area contributed by atoms with Crippen LogP contribution in [-0.2, 0) is 9.47 Å². The van der Waals surface area contributed by atoms with Crippen LogP contribution in [0.25, 0.3) is 0 Å². The molecule has 0 aromatic rings. The molecule has 1 saturated heterocycles. The number of aliphatic hydroxyl groups is 1. The first-order valence-corrected chi connectivity index (χ1v) is 9.13. The maximum atomic E-state index is 9.05. The Morgan fingerprint density at radius 1 is 0.905 bits per heavy atom. The lowest BCUT2D eigenvalue weighted by Crippen LogP contribution is -2.27. The van der Waals surface area contributed by atoms with Crippen molar-refractivity contribution in [2.24, 2.45) is 0 Å². The predicted octanol–water partition coefficient (Wildman–Crippen LogP) is 4.81. The van der Waals surface area contributed by atoms with Gasteiger partial charge in [0.15, 0.2) is 5.79 Å². The van der Waals surface area contributed by atoms with Crippen LogP contribution in [0.1, 0.15) is 90.9 Å². The molecule has 3 heteroatoms. The molecular formula is C18H36O3. The van der Waals surface area contributed by atoms with E-state index >= 15 is 0 Å². The van der Waals surface area contributed by atoms with Crippen molar-refractivity contribution in [3.05, 3.63) is 0 Å². The van der Waals surface area contributed by atoms with Gasteiger partial charge in [-0.2, -0.15) is 0 Å². The van der Waals surface area contributed by atoms with Crippen LogP contribution in [-0.4, -0.2) is 30.2 Å². The number of hydrogen-bond acceptors (Lipinski definition) is 3. The van der Waals surface area contributed by atoms with Gasteiger partial charge in [-0.3, -0.25) is 0 Å². The summed E-state index contributed by atoms with van der Waals surface area (Å²) in [5.74, 6) is -0.452. The van der Waals surface area contributed by atoms with Gasteiger partial charge in [0.1, 0.15) is 6.10 Å². The van der Waals surface area contributed by atoms with Crippen molar-refractivity contribution in [1.29, 1.82) is 0 Å². The Kier molecular flexibility index (Phi) is 10.3. The van der Waals surface area contributed by atoms with Crippen LogP contribution < -0.4 is 0 Å². The van der Waals surface area contributed by atoms with E-state index in [1.54, 1.807) is 0 Å². The molecule has 3 nitrogen and oxygen atoms in total. The summed E-state index contributed by atoms with van der Waals surface area (Å²) in [6, 6.07) is 0. The van der Waals surface area contributed by atoms with E-state index in [2.05, 4.69) is 6.92 Å². The SMILES string of the molecule is CCCCCCCCCCCCCC1(C)OCC(CO)O1. The number of rotatable bonds is 13. The van der Waals surface area contributed by atoms with Gasteiger partial charge >= 0.3 is 0 Å². The lowest BCUT2D eigenvalue weighted by molar-refractivity contribution is -0.162. The van der Waals surface area contributed by atoms with Gasteiger partial charge < -0.3 is 14.6 Å². The summed E-state index contributed by atoms with van der Waals surface area (Å²) >= 11 is 0. The van der Waals surface area contributed by atoms with E-state index in [0.717, 1.165) is 12.8 Å². The van der Waals surface area contributed by atoms with Gasteiger partial charge in [-0.25, -0.2) is 0 Å². The summed E-state index contributed by atoms with van der Waals surface area (Å²) in [4.78, 5) is 0. The first-order valence-electron chi connectivity index (χ1n) is 9.13. The molecule has 0 saturated carbocycles. The molecule has 0 amide bonds. The summed E-state index contributed by atoms with van der Waals surface area (Å²) in [5.41, 5.74) is 0. The maximum absolute atomic E-state index is 9.05. The molecule has 1 N–H and O–H groups in total. The maximum Gasteiger partial charge on any atom is 0.166 e. The van der Waals surface area contributed by atoms with E-state index in [0.29, 0.717) is 6.61 Å². The fourth-order valence-corrected chi connectivity index (χ4v) is 3.02. The van der Waals surface area contributed by atoms with Gasteiger partial charge in [0.25, 0.3) is 0 Å². The predicted molar refractivity (Wildman–Crippen MR) is 87.4 cm³/mol. The second-order valence-corrected chi connectivity index (χ2v) is 6.65. The molecule has 2 unspecified atom stereocenters. The van der Waals surface area contributed by atoms with E-state index in [-0.39, 0.29) is 12.7 Å². The van der Waals surface area contributed by atoms with Crippen molar-refractivity contribution in [1.82, 2.24) is 0 Å². The minimum atomic E-state index is -0.452. The summed E-state index contributed by atoms with van der Waals surface area (Å²) in [6.07, 6.45) is 15.7. The van der Waals surface area contributed by atoms with Crippen LogP contribution in [0.2, 0.25) is 0 Å².